The van der Waals surface area contributed by atoms with Crippen molar-refractivity contribution in [2.45, 2.75) is 52.5 Å². The van der Waals surface area contributed by atoms with Crippen molar-refractivity contribution in [3.8, 4) is 0 Å². The van der Waals surface area contributed by atoms with Crippen LogP contribution in [0, 0.1) is 28.2 Å². The number of hydrogen-bond donors (Lipinski definition) is 2. The normalized spacial score (nSPS) is 28.0. The van der Waals surface area contributed by atoms with Crippen LogP contribution in [-0.4, -0.2) is 23.2 Å². The summed E-state index contributed by atoms with van der Waals surface area (Å²) >= 11 is 2.23. The first-order valence-electron chi connectivity index (χ1n) is 8.49. The van der Waals surface area contributed by atoms with Gasteiger partial charge in [0.25, 0.3) is 5.91 Å². The fourth-order valence-corrected chi connectivity index (χ4v) is 4.67. The van der Waals surface area contributed by atoms with Gasteiger partial charge in [-0.05, 0) is 71.7 Å². The third-order valence-electron chi connectivity index (χ3n) is 5.28. The molecule has 2 rings (SSSR count). The Hall–Kier alpha value is -0.620. The minimum absolute atomic E-state index is 0.00826. The molecule has 0 aliphatic heterocycles. The molecular weight excluding hydrogens is 401 g/mol. The van der Waals surface area contributed by atoms with Crippen LogP contribution in [0.4, 0.5) is 0 Å². The van der Waals surface area contributed by atoms with Crippen molar-refractivity contribution in [1.29, 1.82) is 0 Å². The molecule has 1 aliphatic carbocycles. The summed E-state index contributed by atoms with van der Waals surface area (Å²) in [6.45, 7) is 8.61. The summed E-state index contributed by atoms with van der Waals surface area (Å²) < 4.78 is 0.987. The van der Waals surface area contributed by atoms with E-state index < -0.39 is 5.54 Å². The first kappa shape index (κ1) is 18.7. The van der Waals surface area contributed by atoms with E-state index in [0.29, 0.717) is 23.3 Å². The molecule has 1 saturated carbocycles. The van der Waals surface area contributed by atoms with Gasteiger partial charge in [-0.3, -0.25) is 4.79 Å². The van der Waals surface area contributed by atoms with Crippen molar-refractivity contribution < 1.29 is 9.90 Å². The Morgan fingerprint density at radius 2 is 2.13 bits per heavy atom. The number of carbonyl (C=O) groups is 1. The number of halogens is 1. The lowest BCUT2D eigenvalue weighted by Gasteiger charge is -2.47. The van der Waals surface area contributed by atoms with Crippen LogP contribution < -0.4 is 5.32 Å². The second-order valence-electron chi connectivity index (χ2n) is 7.44. The van der Waals surface area contributed by atoms with Crippen molar-refractivity contribution in [3.05, 3.63) is 32.9 Å². The van der Waals surface area contributed by atoms with E-state index in [1.54, 1.807) is 0 Å². The molecule has 0 bridgehead atoms. The predicted molar refractivity (Wildman–Crippen MR) is 103 cm³/mol. The molecule has 4 heteroatoms. The molecule has 128 valence electrons. The highest BCUT2D eigenvalue weighted by molar-refractivity contribution is 14.1. The third-order valence-corrected chi connectivity index (χ3v) is 6.71. The molecule has 3 nitrogen and oxygen atoms in total. The van der Waals surface area contributed by atoms with Gasteiger partial charge in [0.2, 0.25) is 0 Å². The minimum Gasteiger partial charge on any atom is -0.394 e. The molecule has 3 atom stereocenters. The number of carbonyl (C=O) groups excluding carboxylic acids is 1. The van der Waals surface area contributed by atoms with E-state index in [1.807, 2.05) is 25.1 Å². The van der Waals surface area contributed by atoms with Crippen molar-refractivity contribution in [3.63, 3.8) is 0 Å². The average Bonchev–Trinajstić information content (AvgIpc) is 2.49. The number of benzene rings is 1. The lowest BCUT2D eigenvalue weighted by atomic mass is 9.65. The zero-order chi connectivity index (χ0) is 17.2. The lowest BCUT2D eigenvalue weighted by molar-refractivity contribution is 0.0224. The Bertz CT molecular complexity index is 572. The zero-order valence-corrected chi connectivity index (χ0v) is 16.7. The van der Waals surface area contributed by atoms with Crippen LogP contribution in [-0.2, 0) is 0 Å². The first-order valence-corrected chi connectivity index (χ1v) is 9.57. The molecule has 2 N–H and O–H groups in total. The van der Waals surface area contributed by atoms with E-state index in [0.717, 1.165) is 22.0 Å². The van der Waals surface area contributed by atoms with Gasteiger partial charge in [-0.1, -0.05) is 39.3 Å². The quantitative estimate of drug-likeness (QED) is 0.707. The van der Waals surface area contributed by atoms with Gasteiger partial charge in [0.1, 0.15) is 0 Å². The molecule has 1 aliphatic rings. The van der Waals surface area contributed by atoms with Crippen molar-refractivity contribution in [2.24, 2.45) is 17.8 Å². The van der Waals surface area contributed by atoms with Crippen molar-refractivity contribution in [2.75, 3.05) is 6.61 Å². The van der Waals surface area contributed by atoms with Crippen LogP contribution in [0.25, 0.3) is 0 Å². The van der Waals surface area contributed by atoms with Crippen LogP contribution in [0.3, 0.4) is 0 Å². The monoisotopic (exact) mass is 429 g/mol. The maximum atomic E-state index is 12.9. The van der Waals surface area contributed by atoms with Gasteiger partial charge in [-0.15, -0.1) is 0 Å². The topological polar surface area (TPSA) is 49.3 Å². The largest absolute Gasteiger partial charge is 0.394 e. The van der Waals surface area contributed by atoms with Crippen LogP contribution in [0.15, 0.2) is 18.2 Å². The molecule has 0 spiro atoms. The summed E-state index contributed by atoms with van der Waals surface area (Å²) in [6, 6.07) is 5.80. The van der Waals surface area contributed by atoms with E-state index in [2.05, 4.69) is 48.7 Å². The van der Waals surface area contributed by atoms with Gasteiger partial charge in [-0.2, -0.15) is 0 Å². The zero-order valence-electron chi connectivity index (χ0n) is 14.5. The summed E-state index contributed by atoms with van der Waals surface area (Å²) in [4.78, 5) is 12.9. The van der Waals surface area contributed by atoms with Crippen molar-refractivity contribution >= 4 is 28.5 Å². The Balaban J connectivity index is 2.32. The van der Waals surface area contributed by atoms with E-state index in [-0.39, 0.29) is 12.5 Å². The molecule has 1 aromatic carbocycles. The molecule has 0 radical (unpaired) electrons. The predicted octanol–water partition coefficient (Wildman–Crippen LogP) is 4.15. The molecule has 1 aromatic rings. The Kier molecular flexibility index (Phi) is 6.11. The van der Waals surface area contributed by atoms with E-state index in [4.69, 9.17) is 0 Å². The van der Waals surface area contributed by atoms with E-state index in [9.17, 15) is 9.90 Å². The molecule has 1 amide bonds. The summed E-state index contributed by atoms with van der Waals surface area (Å²) in [5.74, 6) is 1.21. The highest BCUT2D eigenvalue weighted by Crippen LogP contribution is 2.41. The maximum Gasteiger partial charge on any atom is 0.252 e. The summed E-state index contributed by atoms with van der Waals surface area (Å²) in [5, 5.41) is 13.4. The summed E-state index contributed by atoms with van der Waals surface area (Å²) in [5.41, 5.74) is 1.31. The highest BCUT2D eigenvalue weighted by Gasteiger charge is 2.45. The van der Waals surface area contributed by atoms with Gasteiger partial charge < -0.3 is 10.4 Å². The molecule has 1 fully saturated rings. The second kappa shape index (κ2) is 7.51. The molecule has 0 saturated heterocycles. The molecule has 23 heavy (non-hydrogen) atoms. The van der Waals surface area contributed by atoms with Gasteiger partial charge >= 0.3 is 0 Å². The van der Waals surface area contributed by atoms with Gasteiger partial charge in [0.15, 0.2) is 0 Å². The van der Waals surface area contributed by atoms with E-state index >= 15 is 0 Å². The first-order chi connectivity index (χ1) is 10.8. The maximum absolute atomic E-state index is 12.9. The number of nitrogens with one attached hydrogen (secondary N) is 1. The summed E-state index contributed by atoms with van der Waals surface area (Å²) in [7, 11) is 0. The van der Waals surface area contributed by atoms with Gasteiger partial charge in [0, 0.05) is 3.57 Å². The number of aliphatic hydroxyl groups excluding tert-OH is 1. The SMILES string of the molecule is Cc1cccc(C(=O)N[C@@]2(CO)C[C@H](C)CC[C@H]2C(C)C)c1I. The number of aliphatic hydroxyl groups is 1. The summed E-state index contributed by atoms with van der Waals surface area (Å²) in [6.07, 6.45) is 3.08. The second-order valence-corrected chi connectivity index (χ2v) is 8.52. The van der Waals surface area contributed by atoms with Gasteiger partial charge in [-0.25, -0.2) is 0 Å². The smallest absolute Gasteiger partial charge is 0.252 e. The number of amides is 1. The van der Waals surface area contributed by atoms with Crippen LogP contribution in [0.5, 0.6) is 0 Å². The highest BCUT2D eigenvalue weighted by atomic mass is 127. The van der Waals surface area contributed by atoms with Crippen molar-refractivity contribution in [1.82, 2.24) is 5.32 Å². The Morgan fingerprint density at radius 1 is 1.43 bits per heavy atom. The number of hydrogen-bond acceptors (Lipinski definition) is 2. The number of aryl methyl sites for hydroxylation is 1. The lowest BCUT2D eigenvalue weighted by Crippen LogP contribution is -2.60. The third kappa shape index (κ3) is 3.90. The minimum atomic E-state index is -0.504. The van der Waals surface area contributed by atoms with Crippen LogP contribution >= 0.6 is 22.6 Å². The molecule has 0 heterocycles. The van der Waals surface area contributed by atoms with Crippen LogP contribution in [0.2, 0.25) is 0 Å². The Morgan fingerprint density at radius 3 is 2.74 bits per heavy atom. The average molecular weight is 429 g/mol. The molecule has 0 unspecified atom stereocenters. The Labute approximate surface area is 153 Å². The molecule has 0 aromatic heterocycles. The van der Waals surface area contributed by atoms with Crippen LogP contribution in [0.1, 0.15) is 56.0 Å². The van der Waals surface area contributed by atoms with E-state index in [1.165, 1.54) is 6.42 Å². The number of rotatable bonds is 4. The fourth-order valence-electron chi connectivity index (χ4n) is 4.07. The van der Waals surface area contributed by atoms with Gasteiger partial charge in [0.05, 0.1) is 17.7 Å². The fraction of sp³-hybridized carbons (Fsp3) is 0.632. The molecular formula is C19H28INO2. The standard InChI is InChI=1S/C19H28INO2/c1-12(2)16-9-8-13(3)10-19(16,11-22)21-18(23)15-7-5-6-14(4)17(15)20/h5-7,12-13,16,22H,8-11H2,1-4H3,(H,21,23)/t13-,16+,19-/m1/s1.